The molecule has 1 heterocycles. The Hall–Kier alpha value is -1.29. The minimum atomic E-state index is -0.587. The van der Waals surface area contributed by atoms with Crippen molar-refractivity contribution in [2.75, 3.05) is 7.11 Å². The molecule has 1 rings (SSSR count). The van der Waals surface area contributed by atoms with E-state index in [0.717, 1.165) is 0 Å². The summed E-state index contributed by atoms with van der Waals surface area (Å²) < 4.78 is 4.86. The van der Waals surface area contributed by atoms with Crippen molar-refractivity contribution in [3.63, 3.8) is 0 Å². The number of nitrogens with zero attached hydrogens (tertiary/aromatic N) is 1. The number of pyridine rings is 1. The molecular weight excluding hydrogens is 180 g/mol. The SMILES string of the molecule is COc1cc(Cl)ncc1C(N)=O. The van der Waals surface area contributed by atoms with Gasteiger partial charge in [-0.1, -0.05) is 11.6 Å². The van der Waals surface area contributed by atoms with Crippen molar-refractivity contribution >= 4 is 17.5 Å². The fourth-order valence-corrected chi connectivity index (χ4v) is 0.915. The van der Waals surface area contributed by atoms with Gasteiger partial charge >= 0.3 is 0 Å². The smallest absolute Gasteiger partial charge is 0.254 e. The number of rotatable bonds is 2. The number of hydrogen-bond acceptors (Lipinski definition) is 3. The number of amides is 1. The second-order valence-electron chi connectivity index (χ2n) is 2.07. The van der Waals surface area contributed by atoms with Crippen molar-refractivity contribution in [2.24, 2.45) is 5.73 Å². The average molecular weight is 187 g/mol. The third-order valence-electron chi connectivity index (χ3n) is 1.32. The van der Waals surface area contributed by atoms with Crippen molar-refractivity contribution < 1.29 is 9.53 Å². The molecule has 1 amide bonds. The van der Waals surface area contributed by atoms with Crippen LogP contribution in [0.15, 0.2) is 12.3 Å². The molecule has 0 atom stereocenters. The highest BCUT2D eigenvalue weighted by molar-refractivity contribution is 6.29. The van der Waals surface area contributed by atoms with Gasteiger partial charge in [-0.25, -0.2) is 4.98 Å². The number of halogens is 1. The first-order valence-electron chi connectivity index (χ1n) is 3.14. The van der Waals surface area contributed by atoms with Crippen LogP contribution in [0.2, 0.25) is 5.15 Å². The number of carbonyl (C=O) groups is 1. The number of ether oxygens (including phenoxy) is 1. The van der Waals surface area contributed by atoms with Crippen LogP contribution in [0.25, 0.3) is 0 Å². The second-order valence-corrected chi connectivity index (χ2v) is 2.46. The quantitative estimate of drug-likeness (QED) is 0.697. The third kappa shape index (κ3) is 1.65. The van der Waals surface area contributed by atoms with Gasteiger partial charge in [-0.3, -0.25) is 4.79 Å². The van der Waals surface area contributed by atoms with Gasteiger partial charge in [-0.2, -0.15) is 0 Å². The Morgan fingerprint density at radius 2 is 2.42 bits per heavy atom. The summed E-state index contributed by atoms with van der Waals surface area (Å²) in [6, 6.07) is 1.43. The molecule has 1 aromatic rings. The highest BCUT2D eigenvalue weighted by Gasteiger charge is 2.09. The molecule has 12 heavy (non-hydrogen) atoms. The first-order chi connectivity index (χ1) is 5.65. The van der Waals surface area contributed by atoms with Crippen LogP contribution in [0.5, 0.6) is 5.75 Å². The van der Waals surface area contributed by atoms with Crippen LogP contribution in [0.4, 0.5) is 0 Å². The van der Waals surface area contributed by atoms with Gasteiger partial charge < -0.3 is 10.5 Å². The molecule has 0 fully saturated rings. The van der Waals surface area contributed by atoms with E-state index in [1.165, 1.54) is 19.4 Å². The van der Waals surface area contributed by atoms with Crippen molar-refractivity contribution in [3.8, 4) is 5.75 Å². The fraction of sp³-hybridized carbons (Fsp3) is 0.143. The molecule has 0 aromatic carbocycles. The Labute approximate surface area is 74.3 Å². The number of primary amides is 1. The van der Waals surface area contributed by atoms with E-state index >= 15 is 0 Å². The summed E-state index contributed by atoms with van der Waals surface area (Å²) in [5.74, 6) is -0.251. The Balaban J connectivity index is 3.20. The molecule has 0 aliphatic rings. The Bertz CT molecular complexity index is 314. The number of nitrogens with two attached hydrogens (primary N) is 1. The summed E-state index contributed by atoms with van der Waals surface area (Å²) in [7, 11) is 1.43. The monoisotopic (exact) mass is 186 g/mol. The standard InChI is InChI=1S/C7H7ClN2O2/c1-12-5-2-6(8)10-3-4(5)7(9)11/h2-3H,1H3,(H2,9,11). The molecule has 4 nitrogen and oxygen atoms in total. The highest BCUT2D eigenvalue weighted by Crippen LogP contribution is 2.19. The topological polar surface area (TPSA) is 65.2 Å². The van der Waals surface area contributed by atoms with Crippen LogP contribution in [0.1, 0.15) is 10.4 Å². The first-order valence-corrected chi connectivity index (χ1v) is 3.52. The van der Waals surface area contributed by atoms with E-state index in [-0.39, 0.29) is 10.7 Å². The van der Waals surface area contributed by atoms with Crippen LogP contribution in [-0.4, -0.2) is 18.0 Å². The van der Waals surface area contributed by atoms with E-state index in [4.69, 9.17) is 22.1 Å². The van der Waals surface area contributed by atoms with Gasteiger partial charge in [-0.15, -0.1) is 0 Å². The first kappa shape index (κ1) is 8.80. The van der Waals surface area contributed by atoms with E-state index in [2.05, 4.69) is 4.98 Å². The number of carbonyl (C=O) groups excluding carboxylic acids is 1. The number of aromatic nitrogens is 1. The lowest BCUT2D eigenvalue weighted by Crippen LogP contribution is -2.12. The molecule has 0 aliphatic heterocycles. The summed E-state index contributed by atoms with van der Waals surface area (Å²) in [6.07, 6.45) is 1.28. The van der Waals surface area contributed by atoms with E-state index in [1.807, 2.05) is 0 Å². The van der Waals surface area contributed by atoms with Crippen molar-refractivity contribution in [1.82, 2.24) is 4.98 Å². The maximum absolute atomic E-state index is 10.8. The van der Waals surface area contributed by atoms with Crippen LogP contribution in [-0.2, 0) is 0 Å². The van der Waals surface area contributed by atoms with E-state index in [1.54, 1.807) is 0 Å². The Kier molecular flexibility index (Phi) is 2.50. The van der Waals surface area contributed by atoms with Crippen molar-refractivity contribution in [2.45, 2.75) is 0 Å². The predicted octanol–water partition coefficient (Wildman–Crippen LogP) is 0.843. The molecular formula is C7H7ClN2O2. The van der Waals surface area contributed by atoms with E-state index in [9.17, 15) is 4.79 Å². The molecule has 5 heteroatoms. The average Bonchev–Trinajstić information content (AvgIpc) is 2.03. The van der Waals surface area contributed by atoms with Crippen LogP contribution in [0, 0.1) is 0 Å². The van der Waals surface area contributed by atoms with Gasteiger partial charge in [0.25, 0.3) is 5.91 Å². The van der Waals surface area contributed by atoms with Gasteiger partial charge in [0.15, 0.2) is 0 Å². The molecule has 0 saturated heterocycles. The molecule has 1 aromatic heterocycles. The molecule has 0 unspecified atom stereocenters. The summed E-state index contributed by atoms with van der Waals surface area (Å²) in [6.45, 7) is 0. The zero-order valence-corrected chi connectivity index (χ0v) is 7.13. The summed E-state index contributed by atoms with van der Waals surface area (Å²) >= 11 is 5.56. The van der Waals surface area contributed by atoms with E-state index in [0.29, 0.717) is 5.75 Å². The lowest BCUT2D eigenvalue weighted by atomic mass is 10.2. The second kappa shape index (κ2) is 3.40. The van der Waals surface area contributed by atoms with Crippen molar-refractivity contribution in [1.29, 1.82) is 0 Å². The zero-order chi connectivity index (χ0) is 9.14. The summed E-state index contributed by atoms with van der Waals surface area (Å²) in [5.41, 5.74) is 5.26. The maximum Gasteiger partial charge on any atom is 0.254 e. The van der Waals surface area contributed by atoms with Gasteiger partial charge in [0.1, 0.15) is 10.9 Å². The van der Waals surface area contributed by atoms with Gasteiger partial charge in [0.05, 0.1) is 12.7 Å². The minimum absolute atomic E-state index is 0.224. The molecule has 0 bridgehead atoms. The fourth-order valence-electron chi connectivity index (χ4n) is 0.767. The molecule has 0 aliphatic carbocycles. The van der Waals surface area contributed by atoms with Crippen molar-refractivity contribution in [3.05, 3.63) is 23.0 Å². The van der Waals surface area contributed by atoms with Crippen LogP contribution in [0.3, 0.4) is 0 Å². The lowest BCUT2D eigenvalue weighted by molar-refractivity contribution is 0.0997. The molecule has 0 spiro atoms. The Morgan fingerprint density at radius 3 is 2.92 bits per heavy atom. The van der Waals surface area contributed by atoms with Gasteiger partial charge in [0.2, 0.25) is 0 Å². The van der Waals surface area contributed by atoms with E-state index < -0.39 is 5.91 Å². The largest absolute Gasteiger partial charge is 0.496 e. The molecule has 0 saturated carbocycles. The lowest BCUT2D eigenvalue weighted by Gasteiger charge is -2.03. The summed E-state index contributed by atoms with van der Waals surface area (Å²) in [5, 5.41) is 0.261. The normalized spacial score (nSPS) is 9.50. The molecule has 0 radical (unpaired) electrons. The maximum atomic E-state index is 10.8. The van der Waals surface area contributed by atoms with Crippen LogP contribution < -0.4 is 10.5 Å². The third-order valence-corrected chi connectivity index (χ3v) is 1.52. The minimum Gasteiger partial charge on any atom is -0.496 e. The Morgan fingerprint density at radius 1 is 1.75 bits per heavy atom. The molecule has 64 valence electrons. The predicted molar refractivity (Wildman–Crippen MR) is 44.3 cm³/mol. The molecule has 2 N–H and O–H groups in total. The van der Waals surface area contributed by atoms with Crippen LogP contribution >= 0.6 is 11.6 Å². The van der Waals surface area contributed by atoms with Gasteiger partial charge in [-0.05, 0) is 0 Å². The number of methoxy groups -OCH3 is 1. The summed E-state index contributed by atoms with van der Waals surface area (Å²) in [4.78, 5) is 14.4. The number of hydrogen-bond donors (Lipinski definition) is 1. The van der Waals surface area contributed by atoms with Gasteiger partial charge in [0, 0.05) is 12.3 Å². The highest BCUT2D eigenvalue weighted by atomic mass is 35.5. The zero-order valence-electron chi connectivity index (χ0n) is 6.37.